The second-order valence-electron chi connectivity index (χ2n) is 5.23. The number of hydrogen-bond acceptors (Lipinski definition) is 3. The zero-order chi connectivity index (χ0) is 12.1. The zero-order valence-electron chi connectivity index (χ0n) is 10.3. The maximum absolute atomic E-state index is 9.30. The molecule has 1 aliphatic carbocycles. The fraction of sp³-hybridized carbons (Fsp3) is 0.917. The molecule has 0 amide bonds. The van der Waals surface area contributed by atoms with Crippen molar-refractivity contribution in [3.05, 3.63) is 0 Å². The molecule has 1 aliphatic heterocycles. The number of aliphatic imine (C=N–C) groups is 1. The van der Waals surface area contributed by atoms with Crippen molar-refractivity contribution in [1.29, 1.82) is 0 Å². The lowest BCUT2D eigenvalue weighted by atomic mass is 9.69. The summed E-state index contributed by atoms with van der Waals surface area (Å²) in [6.07, 6.45) is 5.83. The van der Waals surface area contributed by atoms with Crippen molar-refractivity contribution in [3.8, 4) is 0 Å². The average Bonchev–Trinajstić information content (AvgIpc) is 2.78. The topological polar surface area (TPSA) is 79.9 Å². The number of guanidine groups is 1. The Kier molecular flexibility index (Phi) is 4.23. The molecule has 2 rings (SSSR count). The van der Waals surface area contributed by atoms with Crippen LogP contribution in [0.15, 0.2) is 4.99 Å². The van der Waals surface area contributed by atoms with Crippen molar-refractivity contribution >= 4 is 5.96 Å². The maximum Gasteiger partial charge on any atom is 0.188 e. The molecule has 2 fully saturated rings. The highest BCUT2D eigenvalue weighted by atomic mass is 16.5. The highest BCUT2D eigenvalue weighted by Gasteiger charge is 2.36. The van der Waals surface area contributed by atoms with Crippen LogP contribution in [0.3, 0.4) is 0 Å². The van der Waals surface area contributed by atoms with E-state index in [4.69, 9.17) is 10.5 Å². The van der Waals surface area contributed by atoms with Gasteiger partial charge in [-0.05, 0) is 25.7 Å². The van der Waals surface area contributed by atoms with Crippen molar-refractivity contribution in [2.24, 2.45) is 16.1 Å². The maximum atomic E-state index is 9.30. The van der Waals surface area contributed by atoms with Crippen LogP contribution in [0.25, 0.3) is 0 Å². The Morgan fingerprint density at radius 1 is 1.47 bits per heavy atom. The summed E-state index contributed by atoms with van der Waals surface area (Å²) in [5.41, 5.74) is 5.80. The van der Waals surface area contributed by atoms with E-state index in [1.165, 1.54) is 6.42 Å². The Morgan fingerprint density at radius 2 is 2.29 bits per heavy atom. The number of aliphatic hydroxyl groups is 1. The van der Waals surface area contributed by atoms with Crippen molar-refractivity contribution < 1.29 is 9.84 Å². The third kappa shape index (κ3) is 3.33. The molecule has 0 aromatic heterocycles. The molecular weight excluding hydrogens is 218 g/mol. The summed E-state index contributed by atoms with van der Waals surface area (Å²) < 4.78 is 5.49. The first-order chi connectivity index (χ1) is 8.24. The van der Waals surface area contributed by atoms with E-state index < -0.39 is 0 Å². The molecule has 0 bridgehead atoms. The second-order valence-corrected chi connectivity index (χ2v) is 5.23. The number of nitrogens with one attached hydrogen (secondary N) is 1. The molecule has 0 aromatic rings. The van der Waals surface area contributed by atoms with Crippen molar-refractivity contribution in [1.82, 2.24) is 5.32 Å². The Balaban J connectivity index is 1.69. The van der Waals surface area contributed by atoms with Gasteiger partial charge in [-0.15, -0.1) is 0 Å². The molecule has 1 saturated carbocycles. The Hall–Kier alpha value is -0.810. The number of ether oxygens (including phenoxy) is 1. The number of nitrogens with two attached hydrogens (primary N) is 1. The van der Waals surface area contributed by atoms with Gasteiger partial charge >= 0.3 is 0 Å². The van der Waals surface area contributed by atoms with Crippen LogP contribution in [0.5, 0.6) is 0 Å². The van der Waals surface area contributed by atoms with Crippen molar-refractivity contribution in [2.75, 3.05) is 26.3 Å². The average molecular weight is 241 g/mol. The number of aliphatic hydroxyl groups excluding tert-OH is 1. The standard InChI is InChI=1S/C12H23N3O2/c13-11(14-7-10-3-1-6-17-10)15-8-12(9-16)4-2-5-12/h10,16H,1-9H2,(H3,13,14,15). The van der Waals surface area contributed by atoms with Gasteiger partial charge in [-0.2, -0.15) is 0 Å². The fourth-order valence-electron chi connectivity index (χ4n) is 2.38. The van der Waals surface area contributed by atoms with Gasteiger partial charge in [-0.3, -0.25) is 4.99 Å². The molecule has 0 radical (unpaired) electrons. The molecule has 5 nitrogen and oxygen atoms in total. The minimum absolute atomic E-state index is 0.0101. The van der Waals surface area contributed by atoms with Crippen LogP contribution < -0.4 is 11.1 Å². The van der Waals surface area contributed by atoms with Crippen LogP contribution in [0.4, 0.5) is 0 Å². The van der Waals surface area contributed by atoms with E-state index in [1.54, 1.807) is 0 Å². The lowest BCUT2D eigenvalue weighted by Crippen LogP contribution is -2.40. The summed E-state index contributed by atoms with van der Waals surface area (Å²) in [5, 5.41) is 12.4. The van der Waals surface area contributed by atoms with Crippen LogP contribution in [0, 0.1) is 5.41 Å². The predicted molar refractivity (Wildman–Crippen MR) is 66.8 cm³/mol. The smallest absolute Gasteiger partial charge is 0.188 e. The second kappa shape index (κ2) is 5.69. The van der Waals surface area contributed by atoms with E-state index in [0.717, 1.165) is 38.8 Å². The third-order valence-corrected chi connectivity index (χ3v) is 3.87. The Bertz CT molecular complexity index is 265. The third-order valence-electron chi connectivity index (χ3n) is 3.87. The van der Waals surface area contributed by atoms with E-state index in [2.05, 4.69) is 10.3 Å². The lowest BCUT2D eigenvalue weighted by molar-refractivity contribution is 0.0539. The monoisotopic (exact) mass is 241 g/mol. The summed E-state index contributed by atoms with van der Waals surface area (Å²) in [4.78, 5) is 4.32. The van der Waals surface area contributed by atoms with Gasteiger partial charge < -0.3 is 20.9 Å². The minimum atomic E-state index is 0.0101. The number of rotatable bonds is 5. The highest BCUT2D eigenvalue weighted by molar-refractivity contribution is 5.77. The van der Waals surface area contributed by atoms with E-state index in [-0.39, 0.29) is 18.1 Å². The van der Waals surface area contributed by atoms with Crippen LogP contribution in [0.2, 0.25) is 0 Å². The fourth-order valence-corrected chi connectivity index (χ4v) is 2.38. The molecule has 98 valence electrons. The zero-order valence-corrected chi connectivity index (χ0v) is 10.3. The largest absolute Gasteiger partial charge is 0.396 e. The molecule has 1 saturated heterocycles. The summed E-state index contributed by atoms with van der Waals surface area (Å²) in [6.45, 7) is 2.45. The van der Waals surface area contributed by atoms with Gasteiger partial charge in [-0.1, -0.05) is 6.42 Å². The molecule has 5 heteroatoms. The first-order valence-corrected chi connectivity index (χ1v) is 6.50. The number of nitrogens with zero attached hydrogens (tertiary/aromatic N) is 1. The molecule has 0 spiro atoms. The summed E-state index contributed by atoms with van der Waals surface area (Å²) >= 11 is 0. The molecule has 1 heterocycles. The lowest BCUT2D eigenvalue weighted by Gasteiger charge is -2.38. The van der Waals surface area contributed by atoms with Crippen molar-refractivity contribution in [2.45, 2.75) is 38.2 Å². The predicted octanol–water partition coefficient (Wildman–Crippen LogP) is 0.232. The first kappa shape index (κ1) is 12.6. The Morgan fingerprint density at radius 3 is 2.82 bits per heavy atom. The highest BCUT2D eigenvalue weighted by Crippen LogP contribution is 2.40. The van der Waals surface area contributed by atoms with E-state index >= 15 is 0 Å². The normalized spacial score (nSPS) is 27.8. The van der Waals surface area contributed by atoms with Crippen LogP contribution >= 0.6 is 0 Å². The quantitative estimate of drug-likeness (QED) is 0.475. The van der Waals surface area contributed by atoms with E-state index in [1.807, 2.05) is 0 Å². The SMILES string of the molecule is NC(=NCC1(CO)CCC1)NCC1CCCO1. The molecule has 1 unspecified atom stereocenters. The first-order valence-electron chi connectivity index (χ1n) is 6.50. The molecular formula is C12H23N3O2. The molecule has 17 heavy (non-hydrogen) atoms. The molecule has 2 aliphatic rings. The number of hydrogen-bond donors (Lipinski definition) is 3. The van der Waals surface area contributed by atoms with Crippen LogP contribution in [0.1, 0.15) is 32.1 Å². The van der Waals surface area contributed by atoms with Gasteiger partial charge in [0.25, 0.3) is 0 Å². The minimum Gasteiger partial charge on any atom is -0.396 e. The summed E-state index contributed by atoms with van der Waals surface area (Å²) in [5.74, 6) is 0.472. The van der Waals surface area contributed by atoms with Crippen LogP contribution in [-0.4, -0.2) is 43.5 Å². The van der Waals surface area contributed by atoms with Gasteiger partial charge in [0.05, 0.1) is 19.3 Å². The molecule has 0 aromatic carbocycles. The summed E-state index contributed by atoms with van der Waals surface area (Å²) in [7, 11) is 0. The molecule has 4 N–H and O–H groups in total. The van der Waals surface area contributed by atoms with Gasteiger partial charge in [-0.25, -0.2) is 0 Å². The molecule has 1 atom stereocenters. The Labute approximate surface area is 102 Å². The van der Waals surface area contributed by atoms with Crippen LogP contribution in [-0.2, 0) is 4.74 Å². The van der Waals surface area contributed by atoms with Gasteiger partial charge in [0.15, 0.2) is 5.96 Å². The van der Waals surface area contributed by atoms with Crippen molar-refractivity contribution in [3.63, 3.8) is 0 Å². The van der Waals surface area contributed by atoms with Gasteiger partial charge in [0, 0.05) is 18.6 Å². The van der Waals surface area contributed by atoms with E-state index in [9.17, 15) is 5.11 Å². The van der Waals surface area contributed by atoms with Gasteiger partial charge in [0.1, 0.15) is 0 Å². The summed E-state index contributed by atoms with van der Waals surface area (Å²) in [6, 6.07) is 0. The van der Waals surface area contributed by atoms with Gasteiger partial charge in [0.2, 0.25) is 0 Å². The van der Waals surface area contributed by atoms with E-state index in [0.29, 0.717) is 12.5 Å².